The topological polar surface area (TPSA) is 54.4 Å². The Labute approximate surface area is 177 Å². The second kappa shape index (κ2) is 12.4. The Hall–Kier alpha value is -1.34. The van der Waals surface area contributed by atoms with Gasteiger partial charge in [0, 0.05) is 52.9 Å². The summed E-state index contributed by atoms with van der Waals surface area (Å²) in [5.41, 5.74) is 0. The van der Waals surface area contributed by atoms with Crippen molar-refractivity contribution in [1.29, 1.82) is 0 Å². The average Bonchev–Trinajstić information content (AvgIpc) is 3.30. The molecule has 0 radical (unpaired) electrons. The number of unbranched alkanes of at least 4 members (excludes halogenated alkanes) is 2. The first-order chi connectivity index (χ1) is 14.3. The van der Waals surface area contributed by atoms with Crippen molar-refractivity contribution >= 4 is 11.9 Å². The molecular weight excluding hydrogens is 364 g/mol. The third-order valence-electron chi connectivity index (χ3n) is 6.58. The van der Waals surface area contributed by atoms with Gasteiger partial charge in [0.05, 0.1) is 6.54 Å². The van der Waals surface area contributed by atoms with E-state index < -0.39 is 0 Å². The van der Waals surface area contributed by atoms with Gasteiger partial charge in [0.15, 0.2) is 5.96 Å². The standard InChI is InChI=1S/C22H42N6O/c1-23-22(24-10-4-2-5-11-25-12-6-3-7-13-25)28-18-16-26(17-19-28)20-21(29)27-14-8-9-15-27/h2-20H2,1H3,(H,23,24). The summed E-state index contributed by atoms with van der Waals surface area (Å²) >= 11 is 0. The minimum atomic E-state index is 0.308. The SMILES string of the molecule is CN=C(NCCCCCN1CCCCC1)N1CCN(CC(=O)N2CCCC2)CC1. The lowest BCUT2D eigenvalue weighted by atomic mass is 10.1. The Morgan fingerprint density at radius 3 is 2.14 bits per heavy atom. The van der Waals surface area contributed by atoms with E-state index in [-0.39, 0.29) is 0 Å². The molecule has 0 unspecified atom stereocenters. The van der Waals surface area contributed by atoms with Gasteiger partial charge >= 0.3 is 0 Å². The molecule has 3 fully saturated rings. The highest BCUT2D eigenvalue weighted by Gasteiger charge is 2.24. The van der Waals surface area contributed by atoms with Crippen LogP contribution in [-0.4, -0.2) is 111 Å². The Morgan fingerprint density at radius 1 is 0.759 bits per heavy atom. The van der Waals surface area contributed by atoms with Crippen molar-refractivity contribution in [2.75, 3.05) is 79.0 Å². The lowest BCUT2D eigenvalue weighted by Crippen LogP contribution is -2.54. The summed E-state index contributed by atoms with van der Waals surface area (Å²) in [5, 5.41) is 3.55. The fraction of sp³-hybridized carbons (Fsp3) is 0.909. The minimum Gasteiger partial charge on any atom is -0.356 e. The maximum atomic E-state index is 12.3. The quantitative estimate of drug-likeness (QED) is 0.376. The number of rotatable bonds is 8. The molecule has 0 aromatic heterocycles. The first-order valence-corrected chi connectivity index (χ1v) is 11.9. The number of guanidine groups is 1. The number of aliphatic imine (C=N–C) groups is 1. The number of carbonyl (C=O) groups is 1. The first kappa shape index (κ1) is 22.3. The van der Waals surface area contributed by atoms with Crippen molar-refractivity contribution in [3.05, 3.63) is 0 Å². The van der Waals surface area contributed by atoms with Crippen molar-refractivity contribution in [3.63, 3.8) is 0 Å². The zero-order valence-corrected chi connectivity index (χ0v) is 18.6. The van der Waals surface area contributed by atoms with Crippen molar-refractivity contribution in [2.45, 2.75) is 51.4 Å². The number of nitrogens with one attached hydrogen (secondary N) is 1. The van der Waals surface area contributed by atoms with Crippen molar-refractivity contribution < 1.29 is 4.79 Å². The maximum Gasteiger partial charge on any atom is 0.236 e. The van der Waals surface area contributed by atoms with E-state index in [0.717, 1.165) is 51.8 Å². The number of hydrogen-bond donors (Lipinski definition) is 1. The molecule has 1 amide bonds. The third-order valence-corrected chi connectivity index (χ3v) is 6.58. The molecule has 0 bridgehead atoms. The second-order valence-electron chi connectivity index (χ2n) is 8.79. The minimum absolute atomic E-state index is 0.308. The normalized spacial score (nSPS) is 22.3. The number of nitrogens with zero attached hydrogens (tertiary/aromatic N) is 5. The van der Waals surface area contributed by atoms with Gasteiger partial charge in [0.1, 0.15) is 0 Å². The summed E-state index contributed by atoms with van der Waals surface area (Å²) in [6, 6.07) is 0. The molecule has 0 saturated carbocycles. The fourth-order valence-corrected chi connectivity index (χ4v) is 4.73. The molecule has 3 aliphatic heterocycles. The van der Waals surface area contributed by atoms with Gasteiger partial charge in [-0.05, 0) is 58.2 Å². The van der Waals surface area contributed by atoms with Crippen LogP contribution in [0.15, 0.2) is 4.99 Å². The van der Waals surface area contributed by atoms with Gasteiger partial charge in [0.25, 0.3) is 0 Å². The van der Waals surface area contributed by atoms with Gasteiger partial charge in [-0.3, -0.25) is 14.7 Å². The molecule has 3 aliphatic rings. The monoisotopic (exact) mass is 406 g/mol. The third kappa shape index (κ3) is 7.45. The molecule has 0 aromatic rings. The van der Waals surface area contributed by atoms with E-state index in [1.807, 2.05) is 11.9 Å². The van der Waals surface area contributed by atoms with Gasteiger partial charge < -0.3 is 20.0 Å². The Morgan fingerprint density at radius 2 is 1.45 bits per heavy atom. The highest BCUT2D eigenvalue weighted by molar-refractivity contribution is 5.80. The number of piperidine rings is 1. The molecule has 0 spiro atoms. The first-order valence-electron chi connectivity index (χ1n) is 11.9. The molecule has 7 nitrogen and oxygen atoms in total. The van der Waals surface area contributed by atoms with Gasteiger partial charge in [-0.2, -0.15) is 0 Å². The van der Waals surface area contributed by atoms with Crippen LogP contribution in [0.2, 0.25) is 0 Å². The Balaban J connectivity index is 1.25. The summed E-state index contributed by atoms with van der Waals surface area (Å²) in [4.78, 5) is 26.1. The molecule has 3 saturated heterocycles. The average molecular weight is 407 g/mol. The smallest absolute Gasteiger partial charge is 0.236 e. The molecule has 166 valence electrons. The number of likely N-dealkylation sites (tertiary alicyclic amines) is 2. The highest BCUT2D eigenvalue weighted by Crippen LogP contribution is 2.11. The molecule has 1 N–H and O–H groups in total. The predicted molar refractivity (Wildman–Crippen MR) is 119 cm³/mol. The molecule has 7 heteroatoms. The van der Waals surface area contributed by atoms with Crippen LogP contribution in [0.25, 0.3) is 0 Å². The Kier molecular flexibility index (Phi) is 9.54. The molecule has 0 atom stereocenters. The van der Waals surface area contributed by atoms with Crippen LogP contribution in [0.3, 0.4) is 0 Å². The summed E-state index contributed by atoms with van der Waals surface area (Å²) in [6.07, 6.45) is 10.3. The van der Waals surface area contributed by atoms with Crippen LogP contribution in [0.1, 0.15) is 51.4 Å². The van der Waals surface area contributed by atoms with Crippen LogP contribution in [0.4, 0.5) is 0 Å². The molecule has 3 rings (SSSR count). The Bertz CT molecular complexity index is 505. The zero-order chi connectivity index (χ0) is 20.3. The lowest BCUT2D eigenvalue weighted by molar-refractivity contribution is -0.131. The van der Waals surface area contributed by atoms with E-state index in [4.69, 9.17) is 0 Å². The number of hydrogen-bond acceptors (Lipinski definition) is 4. The van der Waals surface area contributed by atoms with E-state index in [2.05, 4.69) is 25.0 Å². The van der Waals surface area contributed by atoms with Crippen LogP contribution in [-0.2, 0) is 4.79 Å². The zero-order valence-electron chi connectivity index (χ0n) is 18.6. The van der Waals surface area contributed by atoms with Gasteiger partial charge in [-0.1, -0.05) is 12.8 Å². The van der Waals surface area contributed by atoms with E-state index >= 15 is 0 Å². The molecule has 0 aliphatic carbocycles. The van der Waals surface area contributed by atoms with E-state index in [0.29, 0.717) is 12.5 Å². The van der Waals surface area contributed by atoms with Gasteiger partial charge in [-0.15, -0.1) is 0 Å². The summed E-state index contributed by atoms with van der Waals surface area (Å²) in [6.45, 7) is 11.1. The fourth-order valence-electron chi connectivity index (χ4n) is 4.73. The molecule has 3 heterocycles. The molecular formula is C22H42N6O. The second-order valence-corrected chi connectivity index (χ2v) is 8.79. The summed E-state index contributed by atoms with van der Waals surface area (Å²) < 4.78 is 0. The predicted octanol–water partition coefficient (Wildman–Crippen LogP) is 1.46. The van der Waals surface area contributed by atoms with E-state index in [1.54, 1.807) is 0 Å². The molecule has 0 aromatic carbocycles. The van der Waals surface area contributed by atoms with Gasteiger partial charge in [-0.25, -0.2) is 0 Å². The highest BCUT2D eigenvalue weighted by atomic mass is 16.2. The van der Waals surface area contributed by atoms with E-state index in [1.165, 1.54) is 71.0 Å². The largest absolute Gasteiger partial charge is 0.356 e. The van der Waals surface area contributed by atoms with Crippen molar-refractivity contribution in [3.8, 4) is 0 Å². The van der Waals surface area contributed by atoms with Crippen LogP contribution in [0, 0.1) is 0 Å². The van der Waals surface area contributed by atoms with Crippen molar-refractivity contribution in [2.24, 2.45) is 4.99 Å². The van der Waals surface area contributed by atoms with Crippen LogP contribution < -0.4 is 5.32 Å². The maximum absolute atomic E-state index is 12.3. The summed E-state index contributed by atoms with van der Waals surface area (Å²) in [5.74, 6) is 1.33. The number of piperazine rings is 1. The lowest BCUT2D eigenvalue weighted by Gasteiger charge is -2.36. The van der Waals surface area contributed by atoms with Crippen LogP contribution >= 0.6 is 0 Å². The van der Waals surface area contributed by atoms with Crippen LogP contribution in [0.5, 0.6) is 0 Å². The van der Waals surface area contributed by atoms with Crippen molar-refractivity contribution in [1.82, 2.24) is 24.9 Å². The van der Waals surface area contributed by atoms with E-state index in [9.17, 15) is 4.79 Å². The number of carbonyl (C=O) groups excluding carboxylic acids is 1. The molecule has 29 heavy (non-hydrogen) atoms. The number of amides is 1. The summed E-state index contributed by atoms with van der Waals surface area (Å²) in [7, 11) is 1.88. The van der Waals surface area contributed by atoms with Gasteiger partial charge in [0.2, 0.25) is 5.91 Å².